The van der Waals surface area contributed by atoms with Crippen molar-refractivity contribution >= 4 is 21.5 Å². The molecule has 1 fully saturated rings. The van der Waals surface area contributed by atoms with Crippen LogP contribution in [-0.2, 0) is 14.6 Å². The minimum absolute atomic E-state index is 0.0449. The van der Waals surface area contributed by atoms with Gasteiger partial charge in [-0.1, -0.05) is 6.07 Å². The first-order valence-corrected chi connectivity index (χ1v) is 8.47. The monoisotopic (exact) mass is 309 g/mol. The van der Waals surface area contributed by atoms with E-state index in [4.69, 9.17) is 4.74 Å². The van der Waals surface area contributed by atoms with Gasteiger partial charge in [-0.15, -0.1) is 10.2 Å². The van der Waals surface area contributed by atoms with Crippen LogP contribution in [0.15, 0.2) is 18.2 Å². The van der Waals surface area contributed by atoms with Gasteiger partial charge in [0.25, 0.3) is 0 Å². The van der Waals surface area contributed by atoms with E-state index >= 15 is 0 Å². The number of fused-ring (bicyclic) bond motifs is 1. The first-order chi connectivity index (χ1) is 10.0. The molecule has 0 saturated carbocycles. The fourth-order valence-electron chi connectivity index (χ4n) is 2.72. The fourth-order valence-corrected chi connectivity index (χ4v) is 4.42. The number of pyridine rings is 1. The van der Waals surface area contributed by atoms with E-state index in [0.717, 1.165) is 6.42 Å². The van der Waals surface area contributed by atoms with Gasteiger partial charge in [0.15, 0.2) is 15.5 Å². The minimum atomic E-state index is -3.06. The fraction of sp³-hybridized carbons (Fsp3) is 0.462. The summed E-state index contributed by atoms with van der Waals surface area (Å²) in [6.07, 6.45) is 1.32. The minimum Gasteiger partial charge on any atom is -0.464 e. The maximum atomic E-state index is 11.9. The number of hydrogen-bond acceptors (Lipinski definition) is 6. The van der Waals surface area contributed by atoms with Crippen LogP contribution in [-0.4, -0.2) is 47.6 Å². The van der Waals surface area contributed by atoms with Gasteiger partial charge in [0.2, 0.25) is 0 Å². The first-order valence-electron chi connectivity index (χ1n) is 6.64. The summed E-state index contributed by atoms with van der Waals surface area (Å²) >= 11 is 0. The molecular weight excluding hydrogens is 294 g/mol. The zero-order valence-electron chi connectivity index (χ0n) is 11.5. The van der Waals surface area contributed by atoms with Crippen LogP contribution in [0.3, 0.4) is 0 Å². The predicted molar refractivity (Wildman–Crippen MR) is 75.0 cm³/mol. The SMILES string of the molecule is COC(=O)c1cccc2nnc(C3CCCS(=O)(=O)C3)n12. The van der Waals surface area contributed by atoms with Gasteiger partial charge >= 0.3 is 5.97 Å². The molecule has 0 N–H and O–H groups in total. The van der Waals surface area contributed by atoms with E-state index in [2.05, 4.69) is 10.2 Å². The average Bonchev–Trinajstić information content (AvgIpc) is 2.89. The van der Waals surface area contributed by atoms with Crippen LogP contribution in [0.5, 0.6) is 0 Å². The van der Waals surface area contributed by atoms with E-state index in [1.54, 1.807) is 22.6 Å². The predicted octanol–water partition coefficient (Wildman–Crippen LogP) is 0.808. The Morgan fingerprint density at radius 3 is 2.90 bits per heavy atom. The van der Waals surface area contributed by atoms with Crippen LogP contribution in [0.4, 0.5) is 0 Å². The molecule has 1 aliphatic rings. The van der Waals surface area contributed by atoms with Crippen molar-refractivity contribution in [1.82, 2.24) is 14.6 Å². The Morgan fingerprint density at radius 2 is 2.19 bits per heavy atom. The molecule has 1 unspecified atom stereocenters. The van der Waals surface area contributed by atoms with E-state index in [1.165, 1.54) is 7.11 Å². The summed E-state index contributed by atoms with van der Waals surface area (Å²) < 4.78 is 30.0. The number of esters is 1. The van der Waals surface area contributed by atoms with Gasteiger partial charge in [-0.3, -0.25) is 4.40 Å². The van der Waals surface area contributed by atoms with Gasteiger partial charge in [0.05, 0.1) is 18.6 Å². The third kappa shape index (κ3) is 2.51. The molecule has 2 aromatic heterocycles. The summed E-state index contributed by atoms with van der Waals surface area (Å²) in [5.74, 6) is 0.0204. The number of sulfone groups is 1. The molecule has 21 heavy (non-hydrogen) atoms. The number of ether oxygens (including phenoxy) is 1. The topological polar surface area (TPSA) is 90.6 Å². The molecule has 1 saturated heterocycles. The molecule has 0 aromatic carbocycles. The average molecular weight is 309 g/mol. The Morgan fingerprint density at radius 1 is 1.38 bits per heavy atom. The Kier molecular flexibility index (Phi) is 3.40. The number of carbonyl (C=O) groups is 1. The Bertz CT molecular complexity index is 797. The second kappa shape index (κ2) is 5.10. The third-order valence-corrected chi connectivity index (χ3v) is 5.50. The highest BCUT2D eigenvalue weighted by Gasteiger charge is 2.30. The van der Waals surface area contributed by atoms with Gasteiger partial charge in [-0.05, 0) is 25.0 Å². The lowest BCUT2D eigenvalue weighted by Gasteiger charge is -2.20. The van der Waals surface area contributed by atoms with Gasteiger partial charge in [-0.2, -0.15) is 0 Å². The van der Waals surface area contributed by atoms with Gasteiger partial charge in [0.1, 0.15) is 11.5 Å². The number of carbonyl (C=O) groups excluding carboxylic acids is 1. The molecule has 1 aliphatic heterocycles. The van der Waals surface area contributed by atoms with Gasteiger partial charge in [-0.25, -0.2) is 13.2 Å². The lowest BCUT2D eigenvalue weighted by molar-refractivity contribution is 0.0592. The van der Waals surface area contributed by atoms with Crippen molar-refractivity contribution in [2.75, 3.05) is 18.6 Å². The van der Waals surface area contributed by atoms with E-state index in [1.807, 2.05) is 0 Å². The second-order valence-electron chi connectivity index (χ2n) is 5.11. The summed E-state index contributed by atoms with van der Waals surface area (Å²) in [5, 5.41) is 8.13. The highest BCUT2D eigenvalue weighted by molar-refractivity contribution is 7.91. The maximum absolute atomic E-state index is 11.9. The molecule has 2 aromatic rings. The van der Waals surface area contributed by atoms with Crippen molar-refractivity contribution in [2.24, 2.45) is 0 Å². The smallest absolute Gasteiger partial charge is 0.355 e. The Balaban J connectivity index is 2.13. The molecule has 0 bridgehead atoms. The number of nitrogens with zero attached hydrogens (tertiary/aromatic N) is 3. The normalized spacial score (nSPS) is 21.3. The van der Waals surface area contributed by atoms with Gasteiger partial charge < -0.3 is 4.74 Å². The highest BCUT2D eigenvalue weighted by Crippen LogP contribution is 2.28. The standard InChI is InChI=1S/C13H15N3O4S/c1-20-13(17)10-5-2-6-11-14-15-12(16(10)11)9-4-3-7-21(18,19)8-9/h2,5-6,9H,3-4,7-8H2,1H3. The van der Waals surface area contributed by atoms with Crippen LogP contribution >= 0.6 is 0 Å². The van der Waals surface area contributed by atoms with Crippen LogP contribution in [0, 0.1) is 0 Å². The van der Waals surface area contributed by atoms with Crippen LogP contribution in [0.1, 0.15) is 35.1 Å². The lowest BCUT2D eigenvalue weighted by atomic mass is 10.0. The molecule has 7 nitrogen and oxygen atoms in total. The Labute approximate surface area is 121 Å². The molecule has 1 atom stereocenters. The van der Waals surface area contributed by atoms with Crippen LogP contribution < -0.4 is 0 Å². The second-order valence-corrected chi connectivity index (χ2v) is 7.34. The molecule has 112 valence electrons. The zero-order valence-corrected chi connectivity index (χ0v) is 12.3. The summed E-state index contributed by atoms with van der Waals surface area (Å²) in [7, 11) is -1.76. The summed E-state index contributed by atoms with van der Waals surface area (Å²) in [6.45, 7) is 0. The van der Waals surface area contributed by atoms with Crippen molar-refractivity contribution in [3.63, 3.8) is 0 Å². The molecule has 0 aliphatic carbocycles. The van der Waals surface area contributed by atoms with Crippen molar-refractivity contribution in [1.29, 1.82) is 0 Å². The molecule has 3 rings (SSSR count). The quantitative estimate of drug-likeness (QED) is 0.762. The summed E-state index contributed by atoms with van der Waals surface area (Å²) in [5.41, 5.74) is 0.814. The number of aromatic nitrogens is 3. The van der Waals surface area contributed by atoms with E-state index in [9.17, 15) is 13.2 Å². The molecule has 0 spiro atoms. The van der Waals surface area contributed by atoms with Crippen molar-refractivity contribution < 1.29 is 17.9 Å². The van der Waals surface area contributed by atoms with E-state index in [0.29, 0.717) is 23.6 Å². The van der Waals surface area contributed by atoms with E-state index in [-0.39, 0.29) is 17.4 Å². The zero-order chi connectivity index (χ0) is 15.0. The van der Waals surface area contributed by atoms with Gasteiger partial charge in [0, 0.05) is 5.92 Å². The van der Waals surface area contributed by atoms with Crippen LogP contribution in [0.25, 0.3) is 5.65 Å². The molecule has 8 heteroatoms. The highest BCUT2D eigenvalue weighted by atomic mass is 32.2. The molecule has 3 heterocycles. The molecule has 0 radical (unpaired) electrons. The molecular formula is C13H15N3O4S. The number of rotatable bonds is 2. The van der Waals surface area contributed by atoms with E-state index < -0.39 is 15.8 Å². The van der Waals surface area contributed by atoms with Crippen LogP contribution in [0.2, 0.25) is 0 Å². The van der Waals surface area contributed by atoms with Crippen molar-refractivity contribution in [3.05, 3.63) is 29.7 Å². The largest absolute Gasteiger partial charge is 0.464 e. The summed E-state index contributed by atoms with van der Waals surface area (Å²) in [4.78, 5) is 11.9. The molecule has 0 amide bonds. The number of hydrogen-bond donors (Lipinski definition) is 0. The lowest BCUT2D eigenvalue weighted by Crippen LogP contribution is -2.25. The maximum Gasteiger partial charge on any atom is 0.355 e. The number of methoxy groups -OCH3 is 1. The Hall–Kier alpha value is -1.96. The summed E-state index contributed by atoms with van der Waals surface area (Å²) in [6, 6.07) is 5.03. The first kappa shape index (κ1) is 14.0. The third-order valence-electron chi connectivity index (χ3n) is 3.68. The van der Waals surface area contributed by atoms with Crippen molar-refractivity contribution in [3.8, 4) is 0 Å². The van der Waals surface area contributed by atoms with Crippen molar-refractivity contribution in [2.45, 2.75) is 18.8 Å².